The molecule has 0 saturated heterocycles. The van der Waals surface area contributed by atoms with E-state index in [1.54, 1.807) is 0 Å². The van der Waals surface area contributed by atoms with Crippen LogP contribution in [0.3, 0.4) is 0 Å². The molecule has 1 heterocycles. The number of rotatable bonds is 1. The fourth-order valence-corrected chi connectivity index (χ4v) is 4.57. The number of para-hydroxylation sites is 1. The Labute approximate surface area is 132 Å². The van der Waals surface area contributed by atoms with Gasteiger partial charge in [-0.15, -0.1) is 0 Å². The van der Waals surface area contributed by atoms with Crippen LogP contribution >= 0.6 is 11.8 Å². The molecule has 1 spiro atoms. The maximum absolute atomic E-state index is 5.07. The Morgan fingerprint density at radius 3 is 2.52 bits per heavy atom. The number of anilines is 1. The number of nitrogens with one attached hydrogen (secondary N) is 1. The minimum Gasteiger partial charge on any atom is -0.335 e. The predicted molar refractivity (Wildman–Crippen MR) is 94.5 cm³/mol. The average molecular weight is 302 g/mol. The van der Waals surface area contributed by atoms with Gasteiger partial charge in [-0.1, -0.05) is 70.0 Å². The molecule has 21 heavy (non-hydrogen) atoms. The Morgan fingerprint density at radius 1 is 1.10 bits per heavy atom. The number of nitrogens with zero attached hydrogens (tertiary/aromatic N) is 1. The van der Waals surface area contributed by atoms with Gasteiger partial charge >= 0.3 is 0 Å². The lowest BCUT2D eigenvalue weighted by molar-refractivity contribution is 0.335. The van der Waals surface area contributed by atoms with Crippen LogP contribution in [0.2, 0.25) is 0 Å². The lowest BCUT2D eigenvalue weighted by Crippen LogP contribution is -2.29. The highest BCUT2D eigenvalue weighted by molar-refractivity contribution is 8.14. The summed E-state index contributed by atoms with van der Waals surface area (Å²) in [5, 5.41) is 4.72. The first-order valence-electron chi connectivity index (χ1n) is 8.08. The van der Waals surface area contributed by atoms with Gasteiger partial charge in [0.25, 0.3) is 0 Å². The van der Waals surface area contributed by atoms with Crippen molar-refractivity contribution in [2.75, 3.05) is 11.1 Å². The SMILES string of the molecule is CC(C)(C)c1ccccc1NC1=NC2(CCCCC2)CS1. The van der Waals surface area contributed by atoms with E-state index < -0.39 is 0 Å². The summed E-state index contributed by atoms with van der Waals surface area (Å²) >= 11 is 1.90. The molecule has 1 aromatic rings. The van der Waals surface area contributed by atoms with Gasteiger partial charge in [-0.05, 0) is 29.9 Å². The van der Waals surface area contributed by atoms with E-state index in [2.05, 4.69) is 50.4 Å². The number of hydrogen-bond acceptors (Lipinski definition) is 3. The highest BCUT2D eigenvalue weighted by Gasteiger charge is 2.36. The van der Waals surface area contributed by atoms with Gasteiger partial charge in [-0.25, -0.2) is 0 Å². The van der Waals surface area contributed by atoms with Crippen LogP contribution in [0.5, 0.6) is 0 Å². The first kappa shape index (κ1) is 15.0. The second-order valence-electron chi connectivity index (χ2n) is 7.41. The number of hydrogen-bond donors (Lipinski definition) is 1. The Hall–Kier alpha value is -0.960. The first-order valence-corrected chi connectivity index (χ1v) is 9.06. The van der Waals surface area contributed by atoms with Gasteiger partial charge in [0.05, 0.1) is 5.54 Å². The van der Waals surface area contributed by atoms with Crippen molar-refractivity contribution >= 4 is 22.6 Å². The molecule has 2 aliphatic rings. The Morgan fingerprint density at radius 2 is 1.81 bits per heavy atom. The van der Waals surface area contributed by atoms with Gasteiger partial charge < -0.3 is 5.32 Å². The molecule has 114 valence electrons. The van der Waals surface area contributed by atoms with Crippen molar-refractivity contribution in [1.29, 1.82) is 0 Å². The summed E-state index contributed by atoms with van der Waals surface area (Å²) in [6.07, 6.45) is 6.61. The van der Waals surface area contributed by atoms with Crippen LogP contribution in [0, 0.1) is 0 Å². The molecular weight excluding hydrogens is 276 g/mol. The van der Waals surface area contributed by atoms with E-state index in [1.807, 2.05) is 11.8 Å². The third-order valence-corrected chi connectivity index (χ3v) is 5.73. The van der Waals surface area contributed by atoms with Crippen LogP contribution in [-0.2, 0) is 5.41 Å². The lowest BCUT2D eigenvalue weighted by Gasteiger charge is -2.29. The molecule has 0 amide bonds. The largest absolute Gasteiger partial charge is 0.335 e. The lowest BCUT2D eigenvalue weighted by atomic mass is 9.84. The molecule has 1 fully saturated rings. The van der Waals surface area contributed by atoms with E-state index >= 15 is 0 Å². The monoisotopic (exact) mass is 302 g/mol. The highest BCUT2D eigenvalue weighted by atomic mass is 32.2. The molecule has 1 N–H and O–H groups in total. The molecule has 1 aromatic carbocycles. The van der Waals surface area contributed by atoms with E-state index in [0.29, 0.717) is 0 Å². The quantitative estimate of drug-likeness (QED) is 0.771. The molecule has 3 heteroatoms. The van der Waals surface area contributed by atoms with Crippen LogP contribution < -0.4 is 5.32 Å². The smallest absolute Gasteiger partial charge is 0.161 e. The Kier molecular flexibility index (Phi) is 4.04. The fourth-order valence-electron chi connectivity index (χ4n) is 3.37. The van der Waals surface area contributed by atoms with E-state index in [9.17, 15) is 0 Å². The molecule has 2 nitrogen and oxygen atoms in total. The van der Waals surface area contributed by atoms with Gasteiger partial charge in [0.2, 0.25) is 0 Å². The standard InChI is InChI=1S/C18H26N2S/c1-17(2,3)14-9-5-6-10-15(14)19-16-20-18(13-21-16)11-7-4-8-12-18/h5-6,9-10H,4,7-8,11-13H2,1-3H3,(H,19,20). The molecule has 3 rings (SSSR count). The second kappa shape index (κ2) is 5.68. The van der Waals surface area contributed by atoms with Crippen LogP contribution in [0.4, 0.5) is 5.69 Å². The van der Waals surface area contributed by atoms with Crippen molar-refractivity contribution in [2.45, 2.75) is 63.8 Å². The zero-order valence-corrected chi connectivity index (χ0v) is 14.2. The third kappa shape index (κ3) is 3.28. The van der Waals surface area contributed by atoms with Crippen molar-refractivity contribution in [2.24, 2.45) is 4.99 Å². The zero-order valence-electron chi connectivity index (χ0n) is 13.4. The summed E-state index contributed by atoms with van der Waals surface area (Å²) in [6, 6.07) is 8.63. The molecule has 0 bridgehead atoms. The van der Waals surface area contributed by atoms with Crippen molar-refractivity contribution in [3.05, 3.63) is 29.8 Å². The Bertz CT molecular complexity index is 536. The first-order chi connectivity index (χ1) is 9.99. The minimum atomic E-state index is 0.149. The van der Waals surface area contributed by atoms with Gasteiger partial charge in [0.1, 0.15) is 0 Å². The van der Waals surface area contributed by atoms with E-state index in [0.717, 1.165) is 10.9 Å². The summed E-state index contributed by atoms with van der Waals surface area (Å²) in [5.41, 5.74) is 2.96. The minimum absolute atomic E-state index is 0.149. The molecular formula is C18H26N2S. The molecule has 1 aliphatic heterocycles. The van der Waals surface area contributed by atoms with Crippen LogP contribution in [0.1, 0.15) is 58.4 Å². The molecule has 0 radical (unpaired) electrons. The summed E-state index contributed by atoms with van der Waals surface area (Å²) in [4.78, 5) is 5.07. The summed E-state index contributed by atoms with van der Waals surface area (Å²) < 4.78 is 0. The van der Waals surface area contributed by atoms with Gasteiger partial charge in [-0.2, -0.15) is 0 Å². The van der Waals surface area contributed by atoms with Crippen molar-refractivity contribution < 1.29 is 0 Å². The maximum atomic E-state index is 5.07. The zero-order chi connectivity index (χ0) is 14.9. The maximum Gasteiger partial charge on any atom is 0.161 e. The molecule has 0 aromatic heterocycles. The van der Waals surface area contributed by atoms with Gasteiger partial charge in [0, 0.05) is 11.4 Å². The van der Waals surface area contributed by atoms with Gasteiger partial charge in [-0.3, -0.25) is 4.99 Å². The van der Waals surface area contributed by atoms with Crippen molar-refractivity contribution in [3.63, 3.8) is 0 Å². The average Bonchev–Trinajstić information content (AvgIpc) is 2.81. The molecule has 1 aliphatic carbocycles. The number of benzene rings is 1. The summed E-state index contributed by atoms with van der Waals surface area (Å²) in [6.45, 7) is 6.79. The van der Waals surface area contributed by atoms with E-state index in [4.69, 9.17) is 4.99 Å². The topological polar surface area (TPSA) is 24.4 Å². The van der Waals surface area contributed by atoms with Crippen LogP contribution in [-0.4, -0.2) is 16.5 Å². The van der Waals surface area contributed by atoms with Crippen LogP contribution in [0.25, 0.3) is 0 Å². The molecule has 0 unspecified atom stereocenters. The summed E-state index contributed by atoms with van der Waals surface area (Å²) in [5.74, 6) is 1.16. The number of amidine groups is 1. The van der Waals surface area contributed by atoms with Crippen molar-refractivity contribution in [1.82, 2.24) is 0 Å². The van der Waals surface area contributed by atoms with Crippen molar-refractivity contribution in [3.8, 4) is 0 Å². The number of thioether (sulfide) groups is 1. The molecule has 1 saturated carbocycles. The predicted octanol–water partition coefficient (Wildman–Crippen LogP) is 5.20. The normalized spacial score (nSPS) is 21.4. The highest BCUT2D eigenvalue weighted by Crippen LogP contribution is 2.40. The molecule has 0 atom stereocenters. The van der Waals surface area contributed by atoms with E-state index in [1.165, 1.54) is 43.4 Å². The summed E-state index contributed by atoms with van der Waals surface area (Å²) in [7, 11) is 0. The number of aliphatic imine (C=N–C) groups is 1. The van der Waals surface area contributed by atoms with Gasteiger partial charge in [0.15, 0.2) is 5.17 Å². The fraction of sp³-hybridized carbons (Fsp3) is 0.611. The van der Waals surface area contributed by atoms with E-state index in [-0.39, 0.29) is 11.0 Å². The second-order valence-corrected chi connectivity index (χ2v) is 8.38. The van der Waals surface area contributed by atoms with Crippen LogP contribution in [0.15, 0.2) is 29.3 Å². The Balaban J connectivity index is 1.80. The third-order valence-electron chi connectivity index (χ3n) is 4.58.